The van der Waals surface area contributed by atoms with Crippen molar-refractivity contribution in [2.45, 2.75) is 38.3 Å². The molecule has 0 radical (unpaired) electrons. The molecule has 1 aliphatic rings. The summed E-state index contributed by atoms with van der Waals surface area (Å²) >= 11 is 0. The van der Waals surface area contributed by atoms with Crippen LogP contribution in [0.2, 0.25) is 0 Å². The summed E-state index contributed by atoms with van der Waals surface area (Å²) in [5, 5.41) is 18.4. The first-order chi connectivity index (χ1) is 9.22. The van der Waals surface area contributed by atoms with E-state index in [0.29, 0.717) is 18.5 Å². The van der Waals surface area contributed by atoms with Crippen LogP contribution in [-0.2, 0) is 11.3 Å². The molecule has 1 fully saturated rings. The Hall–Kier alpha value is -1.86. The summed E-state index contributed by atoms with van der Waals surface area (Å²) in [5.41, 5.74) is 1.55. The highest BCUT2D eigenvalue weighted by molar-refractivity contribution is 5.73. The SMILES string of the molecule is N#Cc1ccccc1CN1CCCCCC1C(=O)O. The molecule has 0 aromatic heterocycles. The number of benzene rings is 1. The number of carboxylic acids is 1. The molecule has 1 aliphatic heterocycles. The van der Waals surface area contributed by atoms with Gasteiger partial charge in [-0.3, -0.25) is 9.69 Å². The first-order valence-corrected chi connectivity index (χ1v) is 6.67. The van der Waals surface area contributed by atoms with Crippen molar-refractivity contribution in [1.82, 2.24) is 4.90 Å². The minimum Gasteiger partial charge on any atom is -0.480 e. The smallest absolute Gasteiger partial charge is 0.320 e. The van der Waals surface area contributed by atoms with E-state index >= 15 is 0 Å². The maximum Gasteiger partial charge on any atom is 0.320 e. The van der Waals surface area contributed by atoms with Crippen molar-refractivity contribution in [1.29, 1.82) is 5.26 Å². The molecule has 1 aromatic rings. The molecule has 1 aromatic carbocycles. The van der Waals surface area contributed by atoms with Gasteiger partial charge >= 0.3 is 5.97 Å². The number of nitrogens with zero attached hydrogens (tertiary/aromatic N) is 2. The third kappa shape index (κ3) is 3.33. The van der Waals surface area contributed by atoms with Crippen LogP contribution < -0.4 is 0 Å². The molecule has 0 saturated carbocycles. The van der Waals surface area contributed by atoms with E-state index in [4.69, 9.17) is 5.26 Å². The van der Waals surface area contributed by atoms with Crippen molar-refractivity contribution < 1.29 is 9.90 Å². The predicted molar refractivity (Wildman–Crippen MR) is 71.5 cm³/mol. The average molecular weight is 258 g/mol. The fraction of sp³-hybridized carbons (Fsp3) is 0.467. The minimum absolute atomic E-state index is 0.422. The summed E-state index contributed by atoms with van der Waals surface area (Å²) in [6.07, 6.45) is 3.77. The number of aliphatic carboxylic acids is 1. The Kier molecular flexibility index (Phi) is 4.53. The van der Waals surface area contributed by atoms with Crippen LogP contribution in [0.5, 0.6) is 0 Å². The second-order valence-electron chi connectivity index (χ2n) is 4.94. The normalized spacial score (nSPS) is 20.5. The number of carboxylic acid groups (broad SMARTS) is 1. The van der Waals surface area contributed by atoms with Crippen molar-refractivity contribution in [2.24, 2.45) is 0 Å². The summed E-state index contributed by atoms with van der Waals surface area (Å²) in [5.74, 6) is -0.753. The second-order valence-corrected chi connectivity index (χ2v) is 4.94. The lowest BCUT2D eigenvalue weighted by molar-refractivity contribution is -0.143. The molecule has 4 nitrogen and oxygen atoms in total. The van der Waals surface area contributed by atoms with Crippen molar-refractivity contribution in [3.8, 4) is 6.07 Å². The third-order valence-corrected chi connectivity index (χ3v) is 3.66. The summed E-state index contributed by atoms with van der Waals surface area (Å²) in [7, 11) is 0. The third-order valence-electron chi connectivity index (χ3n) is 3.66. The molecule has 0 bridgehead atoms. The van der Waals surface area contributed by atoms with Gasteiger partial charge in [0.05, 0.1) is 11.6 Å². The number of nitriles is 1. The van der Waals surface area contributed by atoms with Gasteiger partial charge in [0.2, 0.25) is 0 Å². The fourth-order valence-corrected chi connectivity index (χ4v) is 2.62. The van der Waals surface area contributed by atoms with Crippen LogP contribution in [-0.4, -0.2) is 28.6 Å². The molecule has 0 amide bonds. The van der Waals surface area contributed by atoms with Crippen molar-refractivity contribution in [3.05, 3.63) is 35.4 Å². The number of rotatable bonds is 3. The molecule has 0 spiro atoms. The summed E-state index contributed by atoms with van der Waals surface area (Å²) in [6.45, 7) is 1.33. The van der Waals surface area contributed by atoms with Gasteiger partial charge in [-0.05, 0) is 31.0 Å². The Morgan fingerprint density at radius 3 is 2.89 bits per heavy atom. The molecule has 1 heterocycles. The lowest BCUT2D eigenvalue weighted by Crippen LogP contribution is -2.40. The largest absolute Gasteiger partial charge is 0.480 e. The van der Waals surface area contributed by atoms with E-state index in [2.05, 4.69) is 6.07 Å². The molecule has 2 rings (SSSR count). The summed E-state index contributed by atoms with van der Waals surface area (Å²) in [4.78, 5) is 13.3. The summed E-state index contributed by atoms with van der Waals surface area (Å²) in [6, 6.07) is 9.16. The quantitative estimate of drug-likeness (QED) is 0.904. The Morgan fingerprint density at radius 1 is 1.37 bits per heavy atom. The number of hydrogen-bond acceptors (Lipinski definition) is 3. The van der Waals surface area contributed by atoms with E-state index < -0.39 is 12.0 Å². The number of carbonyl (C=O) groups is 1. The van der Waals surface area contributed by atoms with Crippen LogP contribution >= 0.6 is 0 Å². The Bertz CT molecular complexity index is 493. The van der Waals surface area contributed by atoms with Crippen LogP contribution in [0.3, 0.4) is 0 Å². The number of hydrogen-bond donors (Lipinski definition) is 1. The van der Waals surface area contributed by atoms with E-state index in [1.807, 2.05) is 23.1 Å². The molecular formula is C15H18N2O2. The van der Waals surface area contributed by atoms with E-state index in [-0.39, 0.29) is 0 Å². The zero-order valence-electron chi connectivity index (χ0n) is 10.9. The van der Waals surface area contributed by atoms with Gasteiger partial charge in [-0.25, -0.2) is 0 Å². The predicted octanol–water partition coefficient (Wildman–Crippen LogP) is 2.39. The lowest BCUT2D eigenvalue weighted by Gasteiger charge is -2.27. The molecule has 1 atom stereocenters. The van der Waals surface area contributed by atoms with Crippen molar-refractivity contribution in [2.75, 3.05) is 6.54 Å². The van der Waals surface area contributed by atoms with E-state index in [9.17, 15) is 9.90 Å². The monoisotopic (exact) mass is 258 g/mol. The van der Waals surface area contributed by atoms with E-state index in [1.165, 1.54) is 0 Å². The highest BCUT2D eigenvalue weighted by Gasteiger charge is 2.27. The number of likely N-dealkylation sites (tertiary alicyclic amines) is 1. The van der Waals surface area contributed by atoms with E-state index in [1.54, 1.807) is 6.07 Å². The van der Waals surface area contributed by atoms with Crippen LogP contribution in [0, 0.1) is 11.3 Å². The van der Waals surface area contributed by atoms with Gasteiger partial charge in [-0.2, -0.15) is 5.26 Å². The molecule has 19 heavy (non-hydrogen) atoms. The van der Waals surface area contributed by atoms with Gasteiger partial charge in [0.15, 0.2) is 0 Å². The first kappa shape index (κ1) is 13.6. The molecule has 1 saturated heterocycles. The van der Waals surface area contributed by atoms with E-state index in [0.717, 1.165) is 31.4 Å². The fourth-order valence-electron chi connectivity index (χ4n) is 2.62. The van der Waals surface area contributed by atoms with Gasteiger partial charge in [0, 0.05) is 6.54 Å². The first-order valence-electron chi connectivity index (χ1n) is 6.67. The van der Waals surface area contributed by atoms with Gasteiger partial charge in [-0.15, -0.1) is 0 Å². The lowest BCUT2D eigenvalue weighted by atomic mass is 10.1. The van der Waals surface area contributed by atoms with Crippen LogP contribution in [0.15, 0.2) is 24.3 Å². The Labute approximate surface area is 113 Å². The average Bonchev–Trinajstić information content (AvgIpc) is 2.65. The van der Waals surface area contributed by atoms with Crippen molar-refractivity contribution >= 4 is 5.97 Å². The van der Waals surface area contributed by atoms with Gasteiger partial charge in [0.1, 0.15) is 6.04 Å². The zero-order chi connectivity index (χ0) is 13.7. The van der Waals surface area contributed by atoms with Gasteiger partial charge in [0.25, 0.3) is 0 Å². The maximum atomic E-state index is 11.4. The van der Waals surface area contributed by atoms with Gasteiger partial charge in [-0.1, -0.05) is 31.0 Å². The maximum absolute atomic E-state index is 11.4. The standard InChI is InChI=1S/C15H18N2O2/c16-10-12-6-3-4-7-13(12)11-17-9-5-1-2-8-14(17)15(18)19/h3-4,6-7,14H,1-2,5,8-9,11H2,(H,18,19). The van der Waals surface area contributed by atoms with Crippen LogP contribution in [0.25, 0.3) is 0 Å². The molecule has 1 N–H and O–H groups in total. The zero-order valence-corrected chi connectivity index (χ0v) is 10.9. The Balaban J connectivity index is 2.19. The Morgan fingerprint density at radius 2 is 2.16 bits per heavy atom. The molecule has 1 unspecified atom stereocenters. The summed E-state index contributed by atoms with van der Waals surface area (Å²) < 4.78 is 0. The van der Waals surface area contributed by atoms with Gasteiger partial charge < -0.3 is 5.11 Å². The highest BCUT2D eigenvalue weighted by Crippen LogP contribution is 2.20. The van der Waals surface area contributed by atoms with Crippen LogP contribution in [0.1, 0.15) is 36.8 Å². The molecular weight excluding hydrogens is 240 g/mol. The topological polar surface area (TPSA) is 64.3 Å². The highest BCUT2D eigenvalue weighted by atomic mass is 16.4. The van der Waals surface area contributed by atoms with Crippen LogP contribution in [0.4, 0.5) is 0 Å². The second kappa shape index (κ2) is 6.35. The molecule has 0 aliphatic carbocycles. The molecule has 4 heteroatoms. The van der Waals surface area contributed by atoms with Crippen molar-refractivity contribution in [3.63, 3.8) is 0 Å². The minimum atomic E-state index is -0.753. The molecule has 100 valence electrons.